The number of carbonyl (C=O) groups is 1. The quantitative estimate of drug-likeness (QED) is 0.835. The lowest BCUT2D eigenvalue weighted by Crippen LogP contribution is -2.41. The van der Waals surface area contributed by atoms with Crippen molar-refractivity contribution in [1.82, 2.24) is 9.88 Å². The van der Waals surface area contributed by atoms with E-state index in [1.54, 1.807) is 12.4 Å². The molecule has 1 aliphatic heterocycles. The molecule has 0 atom stereocenters. The average molecular weight is 338 g/mol. The zero-order valence-electron chi connectivity index (χ0n) is 15.1. The van der Waals surface area contributed by atoms with Crippen LogP contribution in [0.25, 0.3) is 0 Å². The molecule has 4 nitrogen and oxygen atoms in total. The van der Waals surface area contributed by atoms with Crippen LogP contribution in [0.4, 0.5) is 0 Å². The Morgan fingerprint density at radius 2 is 1.76 bits per heavy atom. The number of nitrogens with zero attached hydrogens (tertiary/aromatic N) is 2. The van der Waals surface area contributed by atoms with Crippen molar-refractivity contribution in [3.8, 4) is 5.75 Å². The minimum atomic E-state index is 0.186. The summed E-state index contributed by atoms with van der Waals surface area (Å²) in [4.78, 5) is 18.5. The Labute approximate surface area is 149 Å². The van der Waals surface area contributed by atoms with Crippen molar-refractivity contribution in [1.29, 1.82) is 0 Å². The third-order valence-electron chi connectivity index (χ3n) is 4.66. The SMILES string of the molecule is Cc1cc(C)cc(CCC(=O)N2CCC(Oc3ccncc3)CC2)c1. The summed E-state index contributed by atoms with van der Waals surface area (Å²) >= 11 is 0. The van der Waals surface area contributed by atoms with Gasteiger partial charge in [0.05, 0.1) is 0 Å². The molecular formula is C21H26N2O2. The molecule has 0 bridgehead atoms. The minimum Gasteiger partial charge on any atom is -0.490 e. The molecule has 0 radical (unpaired) electrons. The Hall–Kier alpha value is -2.36. The summed E-state index contributed by atoms with van der Waals surface area (Å²) < 4.78 is 5.96. The first-order valence-electron chi connectivity index (χ1n) is 9.02. The first-order chi connectivity index (χ1) is 12.1. The zero-order valence-corrected chi connectivity index (χ0v) is 15.1. The van der Waals surface area contributed by atoms with Crippen molar-refractivity contribution in [2.24, 2.45) is 0 Å². The molecule has 1 amide bonds. The molecule has 2 aromatic rings. The summed E-state index contributed by atoms with van der Waals surface area (Å²) in [7, 11) is 0. The van der Waals surface area contributed by atoms with E-state index < -0.39 is 0 Å². The second kappa shape index (κ2) is 8.15. The highest BCUT2D eigenvalue weighted by atomic mass is 16.5. The van der Waals surface area contributed by atoms with Crippen molar-refractivity contribution < 1.29 is 9.53 Å². The summed E-state index contributed by atoms with van der Waals surface area (Å²) in [5.41, 5.74) is 3.77. The molecule has 2 heterocycles. The van der Waals surface area contributed by atoms with E-state index in [4.69, 9.17) is 4.74 Å². The van der Waals surface area contributed by atoms with Crippen LogP contribution in [0.3, 0.4) is 0 Å². The van der Waals surface area contributed by atoms with Crippen LogP contribution in [0.15, 0.2) is 42.7 Å². The number of hydrogen-bond acceptors (Lipinski definition) is 3. The average Bonchev–Trinajstić information content (AvgIpc) is 2.60. The maximum absolute atomic E-state index is 12.5. The van der Waals surface area contributed by atoms with Gasteiger partial charge in [-0.2, -0.15) is 0 Å². The van der Waals surface area contributed by atoms with Gasteiger partial charge in [0, 0.05) is 44.7 Å². The van der Waals surface area contributed by atoms with Gasteiger partial charge in [-0.15, -0.1) is 0 Å². The third kappa shape index (κ3) is 5.05. The van der Waals surface area contributed by atoms with Crippen molar-refractivity contribution >= 4 is 5.91 Å². The molecule has 132 valence electrons. The van der Waals surface area contributed by atoms with Crippen LogP contribution in [0.2, 0.25) is 0 Å². The Morgan fingerprint density at radius 3 is 2.40 bits per heavy atom. The van der Waals surface area contributed by atoms with E-state index in [1.165, 1.54) is 16.7 Å². The highest BCUT2D eigenvalue weighted by Gasteiger charge is 2.23. The lowest BCUT2D eigenvalue weighted by Gasteiger charge is -2.32. The predicted octanol–water partition coefficient (Wildman–Crippen LogP) is 3.70. The highest BCUT2D eigenvalue weighted by molar-refractivity contribution is 5.76. The molecule has 0 saturated carbocycles. The maximum Gasteiger partial charge on any atom is 0.222 e. The number of piperidine rings is 1. The van der Waals surface area contributed by atoms with Gasteiger partial charge < -0.3 is 9.64 Å². The molecule has 1 aromatic heterocycles. The first kappa shape index (κ1) is 17.5. The van der Waals surface area contributed by atoms with Crippen LogP contribution < -0.4 is 4.74 Å². The number of pyridine rings is 1. The lowest BCUT2D eigenvalue weighted by atomic mass is 10.0. The van der Waals surface area contributed by atoms with Gasteiger partial charge in [0.2, 0.25) is 5.91 Å². The number of ether oxygens (including phenoxy) is 1. The first-order valence-corrected chi connectivity index (χ1v) is 9.02. The van der Waals surface area contributed by atoms with Crippen molar-refractivity contribution in [2.45, 2.75) is 45.6 Å². The fourth-order valence-electron chi connectivity index (χ4n) is 3.46. The molecule has 1 aromatic carbocycles. The molecule has 1 saturated heterocycles. The van der Waals surface area contributed by atoms with Crippen molar-refractivity contribution in [2.75, 3.05) is 13.1 Å². The van der Waals surface area contributed by atoms with Gasteiger partial charge in [0.15, 0.2) is 0 Å². The summed E-state index contributed by atoms with van der Waals surface area (Å²) in [5, 5.41) is 0. The molecule has 0 spiro atoms. The van der Waals surface area contributed by atoms with Crippen molar-refractivity contribution in [3.05, 3.63) is 59.4 Å². The topological polar surface area (TPSA) is 42.4 Å². The molecule has 0 unspecified atom stereocenters. The fourth-order valence-corrected chi connectivity index (χ4v) is 3.46. The van der Waals surface area contributed by atoms with E-state index >= 15 is 0 Å². The third-order valence-corrected chi connectivity index (χ3v) is 4.66. The van der Waals surface area contributed by atoms with E-state index in [2.05, 4.69) is 37.0 Å². The van der Waals surface area contributed by atoms with Gasteiger partial charge in [-0.05, 0) is 38.0 Å². The van der Waals surface area contributed by atoms with Crippen molar-refractivity contribution in [3.63, 3.8) is 0 Å². The molecule has 1 aliphatic rings. The summed E-state index contributed by atoms with van der Waals surface area (Å²) in [6.45, 7) is 5.76. The molecule has 25 heavy (non-hydrogen) atoms. The number of aryl methyl sites for hydroxylation is 3. The molecule has 4 heteroatoms. The fraction of sp³-hybridized carbons (Fsp3) is 0.429. The highest BCUT2D eigenvalue weighted by Crippen LogP contribution is 2.19. The smallest absolute Gasteiger partial charge is 0.222 e. The van der Waals surface area contributed by atoms with Gasteiger partial charge in [0.1, 0.15) is 11.9 Å². The van der Waals surface area contributed by atoms with Crippen LogP contribution in [0.5, 0.6) is 5.75 Å². The van der Waals surface area contributed by atoms with E-state index in [1.807, 2.05) is 17.0 Å². The summed E-state index contributed by atoms with van der Waals surface area (Å²) in [6, 6.07) is 10.3. The van der Waals surface area contributed by atoms with E-state index in [-0.39, 0.29) is 12.0 Å². The summed E-state index contributed by atoms with van der Waals surface area (Å²) in [5.74, 6) is 1.11. The molecular weight excluding hydrogens is 312 g/mol. The number of aromatic nitrogens is 1. The number of hydrogen-bond donors (Lipinski definition) is 0. The molecule has 3 rings (SSSR count). The Morgan fingerprint density at radius 1 is 1.12 bits per heavy atom. The Bertz CT molecular complexity index is 687. The second-order valence-electron chi connectivity index (χ2n) is 6.88. The second-order valence-corrected chi connectivity index (χ2v) is 6.88. The molecule has 0 N–H and O–H groups in total. The number of rotatable bonds is 5. The largest absolute Gasteiger partial charge is 0.490 e. The number of likely N-dealkylation sites (tertiary alicyclic amines) is 1. The Balaban J connectivity index is 1.45. The maximum atomic E-state index is 12.5. The standard InChI is InChI=1S/C21H26N2O2/c1-16-13-17(2)15-18(14-16)3-4-21(24)23-11-7-20(8-12-23)25-19-5-9-22-10-6-19/h5-6,9-10,13-15,20H,3-4,7-8,11-12H2,1-2H3. The van der Waals surface area contributed by atoms with Gasteiger partial charge in [0.25, 0.3) is 0 Å². The number of amides is 1. The molecule has 0 aliphatic carbocycles. The van der Waals surface area contributed by atoms with Crippen LogP contribution >= 0.6 is 0 Å². The van der Waals surface area contributed by atoms with Gasteiger partial charge >= 0.3 is 0 Å². The van der Waals surface area contributed by atoms with E-state index in [0.29, 0.717) is 6.42 Å². The van der Waals surface area contributed by atoms with Crippen LogP contribution in [-0.2, 0) is 11.2 Å². The predicted molar refractivity (Wildman–Crippen MR) is 98.7 cm³/mol. The number of carbonyl (C=O) groups excluding carboxylic acids is 1. The van der Waals surface area contributed by atoms with E-state index in [0.717, 1.165) is 38.1 Å². The lowest BCUT2D eigenvalue weighted by molar-refractivity contribution is -0.132. The van der Waals surface area contributed by atoms with Gasteiger partial charge in [-0.1, -0.05) is 29.3 Å². The summed E-state index contributed by atoms with van der Waals surface area (Å²) in [6.07, 6.45) is 6.83. The van der Waals surface area contributed by atoms with Gasteiger partial charge in [-0.25, -0.2) is 0 Å². The van der Waals surface area contributed by atoms with E-state index in [9.17, 15) is 4.79 Å². The van der Waals surface area contributed by atoms with Crippen LogP contribution in [-0.4, -0.2) is 35.0 Å². The minimum absolute atomic E-state index is 0.186. The zero-order chi connectivity index (χ0) is 17.6. The number of benzene rings is 1. The van der Waals surface area contributed by atoms with Gasteiger partial charge in [-0.3, -0.25) is 9.78 Å². The Kier molecular flexibility index (Phi) is 5.69. The van der Waals surface area contributed by atoms with Crippen LogP contribution in [0.1, 0.15) is 36.0 Å². The molecule has 1 fully saturated rings. The normalized spacial score (nSPS) is 15.2. The monoisotopic (exact) mass is 338 g/mol. The van der Waals surface area contributed by atoms with Crippen LogP contribution in [0, 0.1) is 13.8 Å².